The van der Waals surface area contributed by atoms with Gasteiger partial charge in [0.15, 0.2) is 0 Å². The number of carbonyl (C=O) groups is 1. The molecule has 0 saturated heterocycles. The maximum absolute atomic E-state index is 12.5. The Bertz CT molecular complexity index is 595. The van der Waals surface area contributed by atoms with Crippen molar-refractivity contribution in [2.75, 3.05) is 17.4 Å². The molecule has 0 saturated carbocycles. The Labute approximate surface area is 118 Å². The first-order chi connectivity index (χ1) is 9.67. The van der Waals surface area contributed by atoms with Crippen molar-refractivity contribution in [2.24, 2.45) is 5.84 Å². The average Bonchev–Trinajstić information content (AvgIpc) is 2.53. The highest BCUT2D eigenvalue weighted by Gasteiger charge is 2.16. The van der Waals surface area contributed by atoms with Gasteiger partial charge < -0.3 is 10.3 Å². The zero-order valence-corrected chi connectivity index (χ0v) is 11.6. The average molecular weight is 270 g/mol. The number of nitrogens with zero attached hydrogens (tertiary/aromatic N) is 2. The highest BCUT2D eigenvalue weighted by molar-refractivity contribution is 6.09. The van der Waals surface area contributed by atoms with Gasteiger partial charge in [-0.3, -0.25) is 15.6 Å². The van der Waals surface area contributed by atoms with Crippen LogP contribution in [-0.4, -0.2) is 17.9 Å². The maximum Gasteiger partial charge on any atom is 0.260 e. The molecule has 0 fully saturated rings. The van der Waals surface area contributed by atoms with E-state index in [4.69, 9.17) is 5.84 Å². The number of aryl methyl sites for hydroxylation is 1. The lowest BCUT2D eigenvalue weighted by molar-refractivity contribution is 0.0993. The standard InChI is InChI=1S/C15H18N4O/c1-3-11-4-6-12(7-5-11)19(2)15(20)13-8-9-17-10-14(13)18-16/h4-10,18H,3,16H2,1-2H3. The predicted octanol–water partition coefficient (Wildman–Crippen LogP) is 2.21. The van der Waals surface area contributed by atoms with Crippen molar-refractivity contribution >= 4 is 17.3 Å². The molecule has 1 amide bonds. The Kier molecular flexibility index (Phi) is 4.32. The summed E-state index contributed by atoms with van der Waals surface area (Å²) in [7, 11) is 1.74. The lowest BCUT2D eigenvalue weighted by Gasteiger charge is -2.19. The van der Waals surface area contributed by atoms with E-state index in [-0.39, 0.29) is 5.91 Å². The summed E-state index contributed by atoms with van der Waals surface area (Å²) in [6.45, 7) is 2.10. The van der Waals surface area contributed by atoms with Crippen LogP contribution in [0.2, 0.25) is 0 Å². The molecule has 0 radical (unpaired) electrons. The van der Waals surface area contributed by atoms with Gasteiger partial charge in [0, 0.05) is 18.9 Å². The highest BCUT2D eigenvalue weighted by Crippen LogP contribution is 2.20. The van der Waals surface area contributed by atoms with Crippen LogP contribution in [0.25, 0.3) is 0 Å². The summed E-state index contributed by atoms with van der Waals surface area (Å²) in [6.07, 6.45) is 4.08. The van der Waals surface area contributed by atoms with Gasteiger partial charge >= 0.3 is 0 Å². The third-order valence-corrected chi connectivity index (χ3v) is 3.24. The van der Waals surface area contributed by atoms with Crippen molar-refractivity contribution in [3.63, 3.8) is 0 Å². The lowest BCUT2D eigenvalue weighted by atomic mass is 10.1. The first kappa shape index (κ1) is 14.0. The first-order valence-corrected chi connectivity index (χ1v) is 6.45. The van der Waals surface area contributed by atoms with Crippen LogP contribution in [0.1, 0.15) is 22.8 Å². The molecule has 5 nitrogen and oxygen atoms in total. The Balaban J connectivity index is 2.27. The molecule has 0 bridgehead atoms. The minimum Gasteiger partial charge on any atom is -0.322 e. The monoisotopic (exact) mass is 270 g/mol. The van der Waals surface area contributed by atoms with E-state index in [0.29, 0.717) is 11.3 Å². The van der Waals surface area contributed by atoms with Gasteiger partial charge in [-0.05, 0) is 30.2 Å². The molecule has 0 spiro atoms. The topological polar surface area (TPSA) is 71.2 Å². The summed E-state index contributed by atoms with van der Waals surface area (Å²) in [5.74, 6) is 5.27. The van der Waals surface area contributed by atoms with Crippen molar-refractivity contribution in [2.45, 2.75) is 13.3 Å². The fraction of sp³-hybridized carbons (Fsp3) is 0.200. The fourth-order valence-electron chi connectivity index (χ4n) is 1.95. The van der Waals surface area contributed by atoms with E-state index in [1.165, 1.54) is 11.8 Å². The summed E-state index contributed by atoms with van der Waals surface area (Å²) in [4.78, 5) is 18.0. The smallest absolute Gasteiger partial charge is 0.260 e. The molecule has 3 N–H and O–H groups in total. The number of hydrazine groups is 1. The SMILES string of the molecule is CCc1ccc(N(C)C(=O)c2ccncc2NN)cc1. The molecule has 0 aliphatic rings. The number of aromatic nitrogens is 1. The molecule has 20 heavy (non-hydrogen) atoms. The normalized spacial score (nSPS) is 10.2. The zero-order valence-electron chi connectivity index (χ0n) is 11.6. The Morgan fingerprint density at radius 3 is 2.60 bits per heavy atom. The molecule has 0 unspecified atom stereocenters. The number of nitrogens with two attached hydrogens (primary N) is 1. The van der Waals surface area contributed by atoms with Crippen LogP contribution in [0.4, 0.5) is 11.4 Å². The number of nitrogens with one attached hydrogen (secondary N) is 1. The number of pyridine rings is 1. The van der Waals surface area contributed by atoms with Gasteiger partial charge in [-0.15, -0.1) is 0 Å². The molecule has 5 heteroatoms. The minimum atomic E-state index is -0.135. The van der Waals surface area contributed by atoms with E-state index < -0.39 is 0 Å². The van der Waals surface area contributed by atoms with Crippen molar-refractivity contribution in [1.82, 2.24) is 4.98 Å². The Hall–Kier alpha value is -2.40. The predicted molar refractivity (Wildman–Crippen MR) is 80.6 cm³/mol. The van der Waals surface area contributed by atoms with Crippen LogP contribution >= 0.6 is 0 Å². The fourth-order valence-corrected chi connectivity index (χ4v) is 1.95. The summed E-state index contributed by atoms with van der Waals surface area (Å²) >= 11 is 0. The maximum atomic E-state index is 12.5. The van der Waals surface area contributed by atoms with Crippen LogP contribution in [0.5, 0.6) is 0 Å². The molecule has 2 aromatic rings. The molecule has 0 atom stereocenters. The van der Waals surface area contributed by atoms with Gasteiger partial charge in [0.2, 0.25) is 0 Å². The molecule has 1 heterocycles. The van der Waals surface area contributed by atoms with E-state index in [0.717, 1.165) is 12.1 Å². The van der Waals surface area contributed by atoms with Crippen LogP contribution in [-0.2, 0) is 6.42 Å². The van der Waals surface area contributed by atoms with Gasteiger partial charge in [0.05, 0.1) is 17.4 Å². The van der Waals surface area contributed by atoms with Crippen molar-refractivity contribution < 1.29 is 4.79 Å². The van der Waals surface area contributed by atoms with Crippen molar-refractivity contribution in [3.8, 4) is 0 Å². The number of amides is 1. The first-order valence-electron chi connectivity index (χ1n) is 6.45. The summed E-state index contributed by atoms with van der Waals surface area (Å²) in [6, 6.07) is 9.57. The van der Waals surface area contributed by atoms with Crippen LogP contribution in [0, 0.1) is 0 Å². The number of hydrogen-bond acceptors (Lipinski definition) is 4. The van der Waals surface area contributed by atoms with Gasteiger partial charge in [-0.1, -0.05) is 19.1 Å². The molecular formula is C15H18N4O. The number of nitrogen functional groups attached to an aromatic ring is 1. The second-order valence-electron chi connectivity index (χ2n) is 4.45. The van der Waals surface area contributed by atoms with Gasteiger partial charge in [-0.25, -0.2) is 0 Å². The molecule has 1 aromatic carbocycles. The van der Waals surface area contributed by atoms with E-state index >= 15 is 0 Å². The van der Waals surface area contributed by atoms with E-state index in [2.05, 4.69) is 17.3 Å². The van der Waals surface area contributed by atoms with E-state index in [1.807, 2.05) is 24.3 Å². The number of carbonyl (C=O) groups excluding carboxylic acids is 1. The third-order valence-electron chi connectivity index (χ3n) is 3.24. The number of anilines is 2. The second-order valence-corrected chi connectivity index (χ2v) is 4.45. The summed E-state index contributed by atoms with van der Waals surface area (Å²) in [5, 5.41) is 0. The summed E-state index contributed by atoms with van der Waals surface area (Å²) < 4.78 is 0. The Morgan fingerprint density at radius 1 is 1.30 bits per heavy atom. The zero-order chi connectivity index (χ0) is 14.5. The van der Waals surface area contributed by atoms with Gasteiger partial charge in [0.25, 0.3) is 5.91 Å². The molecule has 0 aliphatic carbocycles. The van der Waals surface area contributed by atoms with E-state index in [1.54, 1.807) is 24.2 Å². The number of hydrogen-bond donors (Lipinski definition) is 2. The summed E-state index contributed by atoms with van der Waals surface area (Å²) in [5.41, 5.74) is 5.57. The van der Waals surface area contributed by atoms with Gasteiger partial charge in [0.1, 0.15) is 0 Å². The number of benzene rings is 1. The minimum absolute atomic E-state index is 0.135. The lowest BCUT2D eigenvalue weighted by Crippen LogP contribution is -2.27. The largest absolute Gasteiger partial charge is 0.322 e. The Morgan fingerprint density at radius 2 is 2.00 bits per heavy atom. The van der Waals surface area contributed by atoms with Crippen LogP contribution < -0.4 is 16.2 Å². The van der Waals surface area contributed by atoms with E-state index in [9.17, 15) is 4.79 Å². The molecule has 0 aliphatic heterocycles. The molecule has 1 aromatic heterocycles. The second kappa shape index (κ2) is 6.16. The quantitative estimate of drug-likeness (QED) is 0.660. The third kappa shape index (κ3) is 2.78. The molecule has 104 valence electrons. The van der Waals surface area contributed by atoms with Gasteiger partial charge in [-0.2, -0.15) is 0 Å². The molecule has 2 rings (SSSR count). The highest BCUT2D eigenvalue weighted by atomic mass is 16.2. The van der Waals surface area contributed by atoms with Crippen LogP contribution in [0.15, 0.2) is 42.7 Å². The van der Waals surface area contributed by atoms with Crippen LogP contribution in [0.3, 0.4) is 0 Å². The molecular weight excluding hydrogens is 252 g/mol. The van der Waals surface area contributed by atoms with Crippen molar-refractivity contribution in [1.29, 1.82) is 0 Å². The number of rotatable bonds is 4. The van der Waals surface area contributed by atoms with Crippen molar-refractivity contribution in [3.05, 3.63) is 53.9 Å².